The highest BCUT2D eigenvalue weighted by Gasteiger charge is 2.26. The van der Waals surface area contributed by atoms with Gasteiger partial charge in [-0.2, -0.15) is 5.10 Å². The van der Waals surface area contributed by atoms with Crippen molar-refractivity contribution in [3.05, 3.63) is 54.0 Å². The van der Waals surface area contributed by atoms with Crippen LogP contribution in [-0.2, 0) is 11.3 Å². The third kappa shape index (κ3) is 3.21. The van der Waals surface area contributed by atoms with Crippen LogP contribution in [0, 0.1) is 0 Å². The molecule has 1 aliphatic rings. The molecule has 11 nitrogen and oxygen atoms in total. The first-order valence-corrected chi connectivity index (χ1v) is 9.14. The number of rotatable bonds is 4. The molecule has 148 valence electrons. The molecule has 0 radical (unpaired) electrons. The minimum absolute atomic E-state index is 0.123. The van der Waals surface area contributed by atoms with E-state index in [1.54, 1.807) is 17.8 Å². The topological polar surface area (TPSA) is 131 Å². The molecule has 1 fully saturated rings. The van der Waals surface area contributed by atoms with E-state index in [1.165, 1.54) is 6.20 Å². The predicted molar refractivity (Wildman–Crippen MR) is 106 cm³/mol. The van der Waals surface area contributed by atoms with E-state index in [-0.39, 0.29) is 6.54 Å². The Hall–Kier alpha value is -4.28. The van der Waals surface area contributed by atoms with Crippen LogP contribution in [0.5, 0.6) is 0 Å². The summed E-state index contributed by atoms with van der Waals surface area (Å²) in [5, 5.41) is 16.7. The lowest BCUT2D eigenvalue weighted by molar-refractivity contribution is -0.118. The molecule has 1 saturated heterocycles. The number of nitrogens with zero attached hydrogens (tertiary/aromatic N) is 8. The minimum Gasteiger partial charge on any atom is -0.275 e. The molecular weight excluding hydrogens is 386 g/mol. The number of carbonyl (C=O) groups excluding carboxylic acids is 2. The zero-order valence-corrected chi connectivity index (χ0v) is 15.8. The number of fused-ring (bicyclic) bond motifs is 2. The summed E-state index contributed by atoms with van der Waals surface area (Å²) in [7, 11) is 0. The standard InChI is InChI=1S/C19H15N9O2/c1-11(25-28-10-16(29)23-19(28)30)15-8-21-17-18(22-15)27(26-24-17)9-12-4-5-14-13(7-12)3-2-6-20-14/h2-8H,9-10H2,1H3,(H,23,29,30)/b25-11+. The second-order valence-corrected chi connectivity index (χ2v) is 6.78. The SMILES string of the molecule is C/C(=N\N1CC(=O)NC1=O)c1cnc2nnn(Cc3ccc4ncccc4c3)c2n1. The fourth-order valence-electron chi connectivity index (χ4n) is 3.18. The molecule has 0 atom stereocenters. The van der Waals surface area contributed by atoms with E-state index in [0.29, 0.717) is 29.2 Å². The molecule has 0 bridgehead atoms. The number of hydrogen-bond donors (Lipinski definition) is 1. The fourth-order valence-corrected chi connectivity index (χ4v) is 3.18. The Labute approximate surface area is 169 Å². The first-order valence-electron chi connectivity index (χ1n) is 9.14. The average molecular weight is 401 g/mol. The third-order valence-corrected chi connectivity index (χ3v) is 4.64. The summed E-state index contributed by atoms with van der Waals surface area (Å²) >= 11 is 0. The average Bonchev–Trinajstić information content (AvgIpc) is 3.29. The van der Waals surface area contributed by atoms with Crippen LogP contribution in [0.2, 0.25) is 0 Å². The quantitative estimate of drug-likeness (QED) is 0.400. The molecule has 0 spiro atoms. The van der Waals surface area contributed by atoms with Gasteiger partial charge < -0.3 is 0 Å². The molecule has 3 amide bonds. The second kappa shape index (κ2) is 6.95. The molecule has 5 rings (SSSR count). The smallest absolute Gasteiger partial charge is 0.275 e. The van der Waals surface area contributed by atoms with Crippen molar-refractivity contribution in [2.45, 2.75) is 13.5 Å². The molecular formula is C19H15N9O2. The lowest BCUT2D eigenvalue weighted by Gasteiger charge is -2.08. The highest BCUT2D eigenvalue weighted by Crippen LogP contribution is 2.16. The van der Waals surface area contributed by atoms with Crippen LogP contribution in [-0.4, -0.2) is 59.1 Å². The van der Waals surface area contributed by atoms with Gasteiger partial charge in [0.2, 0.25) is 11.6 Å². The molecule has 0 aliphatic carbocycles. The van der Waals surface area contributed by atoms with Gasteiger partial charge >= 0.3 is 6.03 Å². The van der Waals surface area contributed by atoms with Crippen molar-refractivity contribution in [3.63, 3.8) is 0 Å². The minimum atomic E-state index is -0.564. The molecule has 1 aromatic carbocycles. The number of carbonyl (C=O) groups is 2. The zero-order chi connectivity index (χ0) is 20.7. The molecule has 3 aromatic heterocycles. The number of urea groups is 1. The summed E-state index contributed by atoms with van der Waals surface area (Å²) < 4.78 is 1.66. The summed E-state index contributed by atoms with van der Waals surface area (Å²) in [5.74, 6) is -0.397. The van der Waals surface area contributed by atoms with E-state index < -0.39 is 11.9 Å². The maximum absolute atomic E-state index is 11.7. The molecule has 4 heterocycles. The summed E-state index contributed by atoms with van der Waals surface area (Å²) in [6.45, 7) is 2.03. The van der Waals surface area contributed by atoms with Crippen molar-refractivity contribution < 1.29 is 9.59 Å². The van der Waals surface area contributed by atoms with Gasteiger partial charge in [-0.1, -0.05) is 17.3 Å². The first-order chi connectivity index (χ1) is 14.6. The molecule has 1 N–H and O–H groups in total. The second-order valence-electron chi connectivity index (χ2n) is 6.78. The highest BCUT2D eigenvalue weighted by atomic mass is 16.2. The van der Waals surface area contributed by atoms with Crippen molar-refractivity contribution in [1.29, 1.82) is 0 Å². The van der Waals surface area contributed by atoms with E-state index in [0.717, 1.165) is 21.5 Å². The summed E-state index contributed by atoms with van der Waals surface area (Å²) in [5.41, 5.74) is 3.74. The molecule has 11 heteroatoms. The molecule has 4 aromatic rings. The van der Waals surface area contributed by atoms with E-state index in [4.69, 9.17) is 0 Å². The monoisotopic (exact) mass is 401 g/mol. The van der Waals surface area contributed by atoms with Crippen LogP contribution in [0.1, 0.15) is 18.2 Å². The molecule has 1 aliphatic heterocycles. The number of nitrogens with one attached hydrogen (secondary N) is 1. The number of benzene rings is 1. The van der Waals surface area contributed by atoms with Crippen LogP contribution in [0.25, 0.3) is 22.2 Å². The zero-order valence-electron chi connectivity index (χ0n) is 15.8. The van der Waals surface area contributed by atoms with Crippen LogP contribution in [0.15, 0.2) is 47.8 Å². The van der Waals surface area contributed by atoms with Crippen LogP contribution in [0.3, 0.4) is 0 Å². The lowest BCUT2D eigenvalue weighted by Crippen LogP contribution is -2.25. The maximum Gasteiger partial charge on any atom is 0.345 e. The van der Waals surface area contributed by atoms with Gasteiger partial charge in [0.25, 0.3) is 0 Å². The van der Waals surface area contributed by atoms with Crippen molar-refractivity contribution >= 4 is 39.8 Å². The van der Waals surface area contributed by atoms with Crippen molar-refractivity contribution in [3.8, 4) is 0 Å². The Morgan fingerprint density at radius 2 is 2.13 bits per heavy atom. The summed E-state index contributed by atoms with van der Waals surface area (Å²) in [4.78, 5) is 36.2. The lowest BCUT2D eigenvalue weighted by atomic mass is 10.1. The largest absolute Gasteiger partial charge is 0.345 e. The van der Waals surface area contributed by atoms with Gasteiger partial charge in [0.15, 0.2) is 5.65 Å². The number of pyridine rings is 1. The van der Waals surface area contributed by atoms with Crippen LogP contribution < -0.4 is 5.32 Å². The van der Waals surface area contributed by atoms with E-state index in [2.05, 4.69) is 35.7 Å². The summed E-state index contributed by atoms with van der Waals surface area (Å²) in [6, 6.07) is 9.32. The number of imide groups is 1. The third-order valence-electron chi connectivity index (χ3n) is 4.64. The van der Waals surface area contributed by atoms with Crippen LogP contribution in [0.4, 0.5) is 4.79 Å². The summed E-state index contributed by atoms with van der Waals surface area (Å²) in [6.07, 6.45) is 3.27. The number of amides is 3. The van der Waals surface area contributed by atoms with Gasteiger partial charge in [-0.3, -0.25) is 15.1 Å². The van der Waals surface area contributed by atoms with Crippen molar-refractivity contribution in [2.75, 3.05) is 6.54 Å². The molecule has 0 unspecified atom stereocenters. The number of hydrazone groups is 1. The van der Waals surface area contributed by atoms with Crippen molar-refractivity contribution in [2.24, 2.45) is 5.10 Å². The Kier molecular flexibility index (Phi) is 4.12. The Bertz CT molecular complexity index is 1340. The maximum atomic E-state index is 11.7. The molecule has 30 heavy (non-hydrogen) atoms. The first kappa shape index (κ1) is 17.8. The van der Waals surface area contributed by atoms with Gasteiger partial charge in [0.05, 0.1) is 24.0 Å². The number of aromatic nitrogens is 6. The van der Waals surface area contributed by atoms with Gasteiger partial charge in [0.1, 0.15) is 12.2 Å². The molecule has 0 saturated carbocycles. The van der Waals surface area contributed by atoms with E-state index >= 15 is 0 Å². The Morgan fingerprint density at radius 3 is 2.97 bits per heavy atom. The Morgan fingerprint density at radius 1 is 1.23 bits per heavy atom. The van der Waals surface area contributed by atoms with Crippen molar-refractivity contribution in [1.82, 2.24) is 40.3 Å². The fraction of sp³-hybridized carbons (Fsp3) is 0.158. The number of hydrogen-bond acceptors (Lipinski definition) is 8. The predicted octanol–water partition coefficient (Wildman–Crippen LogP) is 1.09. The Balaban J connectivity index is 1.46. The normalized spacial score (nSPS) is 14.7. The van der Waals surface area contributed by atoms with E-state index in [1.807, 2.05) is 30.3 Å². The van der Waals surface area contributed by atoms with Gasteiger partial charge in [0, 0.05) is 11.6 Å². The van der Waals surface area contributed by atoms with Gasteiger partial charge in [-0.05, 0) is 30.7 Å². The highest BCUT2D eigenvalue weighted by molar-refractivity contribution is 6.04. The van der Waals surface area contributed by atoms with Gasteiger partial charge in [-0.25, -0.2) is 24.5 Å². The van der Waals surface area contributed by atoms with Crippen LogP contribution >= 0.6 is 0 Å². The van der Waals surface area contributed by atoms with E-state index in [9.17, 15) is 9.59 Å². The van der Waals surface area contributed by atoms with Gasteiger partial charge in [-0.15, -0.1) is 5.10 Å².